The van der Waals surface area contributed by atoms with E-state index in [2.05, 4.69) is 16.8 Å². The molecule has 0 spiro atoms. The smallest absolute Gasteiger partial charge is 0.227 e. The van der Waals surface area contributed by atoms with Gasteiger partial charge in [-0.25, -0.2) is 0 Å². The van der Waals surface area contributed by atoms with E-state index in [4.69, 9.17) is 22.1 Å². The second-order valence-corrected chi connectivity index (χ2v) is 6.52. The number of thioether (sulfide) groups is 1. The first-order valence-corrected chi connectivity index (χ1v) is 8.66. The number of ether oxygens (including phenoxy) is 1. The Hall–Kier alpha value is -1.99. The molecule has 0 saturated carbocycles. The van der Waals surface area contributed by atoms with Crippen LogP contribution in [0.3, 0.4) is 0 Å². The molecule has 24 heavy (non-hydrogen) atoms. The highest BCUT2D eigenvalue weighted by Crippen LogP contribution is 2.27. The van der Waals surface area contributed by atoms with Gasteiger partial charge in [-0.2, -0.15) is 0 Å². The molecule has 128 valence electrons. The molecule has 0 radical (unpaired) electrons. The average molecular weight is 367 g/mol. The van der Waals surface area contributed by atoms with Gasteiger partial charge in [0, 0.05) is 11.6 Å². The molecule has 0 fully saturated rings. The molecule has 2 rings (SSSR count). The fraction of sp³-hybridized carbons (Fsp3) is 0.312. The summed E-state index contributed by atoms with van der Waals surface area (Å²) in [6.07, 6.45) is 1.40. The molecule has 6 nitrogen and oxygen atoms in total. The van der Waals surface area contributed by atoms with Gasteiger partial charge in [0.25, 0.3) is 0 Å². The van der Waals surface area contributed by atoms with Gasteiger partial charge in [0.1, 0.15) is 5.75 Å². The number of hydrogen-bond acceptors (Lipinski definition) is 5. The number of allylic oxidation sites excluding steroid dienone is 1. The maximum Gasteiger partial charge on any atom is 0.227 e. The van der Waals surface area contributed by atoms with E-state index in [9.17, 15) is 4.79 Å². The Balaban J connectivity index is 2.20. The van der Waals surface area contributed by atoms with Crippen molar-refractivity contribution in [2.75, 3.05) is 5.75 Å². The summed E-state index contributed by atoms with van der Waals surface area (Å²) in [6.45, 7) is 8.06. The standard InChI is InChI=1S/C16H19ClN4O2S/c1-4-7-21-15(19-20-16(21)24-9-14(18)22)11(3)23-12-5-6-13(17)10(2)8-12/h4-6,8,11H,1,7,9H2,2-3H3,(H2,18,22). The lowest BCUT2D eigenvalue weighted by atomic mass is 10.2. The number of aryl methyl sites for hydroxylation is 1. The molecular weight excluding hydrogens is 348 g/mol. The zero-order valence-corrected chi connectivity index (χ0v) is 15.1. The maximum absolute atomic E-state index is 11.0. The molecule has 1 heterocycles. The molecule has 0 aliphatic rings. The molecule has 0 aliphatic heterocycles. The molecule has 1 aromatic heterocycles. The van der Waals surface area contributed by atoms with E-state index in [1.807, 2.05) is 30.5 Å². The third-order valence-corrected chi connectivity index (χ3v) is 4.62. The SMILES string of the molecule is C=CCn1c(SCC(N)=O)nnc1C(C)Oc1ccc(Cl)c(C)c1. The molecule has 2 aromatic rings. The van der Waals surface area contributed by atoms with Crippen LogP contribution in [0.5, 0.6) is 5.75 Å². The van der Waals surface area contributed by atoms with Crippen LogP contribution in [-0.2, 0) is 11.3 Å². The number of halogens is 1. The van der Waals surface area contributed by atoms with E-state index in [0.717, 1.165) is 5.56 Å². The fourth-order valence-corrected chi connectivity index (χ4v) is 2.90. The van der Waals surface area contributed by atoms with Crippen LogP contribution in [0, 0.1) is 6.92 Å². The summed E-state index contributed by atoms with van der Waals surface area (Å²) in [5.74, 6) is 1.08. The van der Waals surface area contributed by atoms with Gasteiger partial charge in [0.05, 0.1) is 5.75 Å². The highest BCUT2D eigenvalue weighted by molar-refractivity contribution is 7.99. The molecular formula is C16H19ClN4O2S. The highest BCUT2D eigenvalue weighted by atomic mass is 35.5. The summed E-state index contributed by atoms with van der Waals surface area (Å²) >= 11 is 7.27. The van der Waals surface area contributed by atoms with Crippen LogP contribution in [0.25, 0.3) is 0 Å². The van der Waals surface area contributed by atoms with Gasteiger partial charge in [-0.1, -0.05) is 29.4 Å². The van der Waals surface area contributed by atoms with Crippen LogP contribution in [0.4, 0.5) is 0 Å². The lowest BCUT2D eigenvalue weighted by Crippen LogP contribution is -2.15. The third-order valence-electron chi connectivity index (χ3n) is 3.21. The number of benzene rings is 1. The number of carbonyl (C=O) groups excluding carboxylic acids is 1. The second kappa shape index (κ2) is 8.21. The first-order valence-electron chi connectivity index (χ1n) is 7.30. The summed E-state index contributed by atoms with van der Waals surface area (Å²) in [7, 11) is 0. The minimum Gasteiger partial charge on any atom is -0.483 e. The Morgan fingerprint density at radius 1 is 1.54 bits per heavy atom. The maximum atomic E-state index is 11.0. The molecule has 0 saturated heterocycles. The van der Waals surface area contributed by atoms with Crippen molar-refractivity contribution in [3.63, 3.8) is 0 Å². The molecule has 1 amide bonds. The van der Waals surface area contributed by atoms with Crippen LogP contribution in [0.15, 0.2) is 36.0 Å². The van der Waals surface area contributed by atoms with Crippen LogP contribution in [0.1, 0.15) is 24.4 Å². The number of amides is 1. The first kappa shape index (κ1) is 18.4. The van der Waals surface area contributed by atoms with Gasteiger partial charge in [0.15, 0.2) is 17.1 Å². The monoisotopic (exact) mass is 366 g/mol. The molecule has 8 heteroatoms. The Bertz CT molecular complexity index is 748. The lowest BCUT2D eigenvalue weighted by molar-refractivity contribution is -0.115. The molecule has 0 aliphatic carbocycles. The van der Waals surface area contributed by atoms with Gasteiger partial charge in [-0.15, -0.1) is 16.8 Å². The topological polar surface area (TPSA) is 83.0 Å². The highest BCUT2D eigenvalue weighted by Gasteiger charge is 2.19. The van der Waals surface area contributed by atoms with Crippen molar-refractivity contribution in [1.29, 1.82) is 0 Å². The number of aromatic nitrogens is 3. The van der Waals surface area contributed by atoms with Gasteiger partial charge >= 0.3 is 0 Å². The number of nitrogens with zero attached hydrogens (tertiary/aromatic N) is 3. The molecule has 1 atom stereocenters. The molecule has 0 bridgehead atoms. The molecule has 1 aromatic carbocycles. The Morgan fingerprint density at radius 2 is 2.29 bits per heavy atom. The quantitative estimate of drug-likeness (QED) is 0.573. The van der Waals surface area contributed by atoms with Crippen LogP contribution in [-0.4, -0.2) is 26.4 Å². The number of nitrogens with two attached hydrogens (primary N) is 1. The van der Waals surface area contributed by atoms with E-state index in [-0.39, 0.29) is 11.9 Å². The Kier molecular flexibility index (Phi) is 6.28. The molecule has 1 unspecified atom stereocenters. The van der Waals surface area contributed by atoms with Crippen LogP contribution < -0.4 is 10.5 Å². The van der Waals surface area contributed by atoms with Gasteiger partial charge < -0.3 is 10.5 Å². The number of rotatable bonds is 8. The van der Waals surface area contributed by atoms with E-state index in [0.29, 0.717) is 28.3 Å². The van der Waals surface area contributed by atoms with Crippen LogP contribution in [0.2, 0.25) is 5.02 Å². The van der Waals surface area contributed by atoms with Gasteiger partial charge in [0.2, 0.25) is 5.91 Å². The normalized spacial score (nSPS) is 12.0. The van der Waals surface area contributed by atoms with Crippen molar-refractivity contribution in [2.24, 2.45) is 5.73 Å². The van der Waals surface area contributed by atoms with E-state index in [1.165, 1.54) is 11.8 Å². The summed E-state index contributed by atoms with van der Waals surface area (Å²) in [4.78, 5) is 11.0. The van der Waals surface area contributed by atoms with Crippen molar-refractivity contribution >= 4 is 29.3 Å². The minimum atomic E-state index is -0.407. The third kappa shape index (κ3) is 4.52. The lowest BCUT2D eigenvalue weighted by Gasteiger charge is -2.16. The number of hydrogen-bond donors (Lipinski definition) is 1. The predicted octanol–water partition coefficient (Wildman–Crippen LogP) is 3.14. The Morgan fingerprint density at radius 3 is 2.92 bits per heavy atom. The average Bonchev–Trinajstić information content (AvgIpc) is 2.92. The van der Waals surface area contributed by atoms with Crippen molar-refractivity contribution in [3.05, 3.63) is 47.3 Å². The van der Waals surface area contributed by atoms with E-state index < -0.39 is 5.91 Å². The predicted molar refractivity (Wildman–Crippen MR) is 95.4 cm³/mol. The molecule has 2 N–H and O–H groups in total. The summed E-state index contributed by atoms with van der Waals surface area (Å²) in [5, 5.41) is 9.60. The number of carbonyl (C=O) groups is 1. The van der Waals surface area contributed by atoms with Crippen molar-refractivity contribution in [2.45, 2.75) is 31.7 Å². The zero-order valence-electron chi connectivity index (χ0n) is 13.5. The summed E-state index contributed by atoms with van der Waals surface area (Å²) in [6, 6.07) is 5.47. The Labute approximate surface area is 150 Å². The van der Waals surface area contributed by atoms with Gasteiger partial charge in [-0.3, -0.25) is 9.36 Å². The van der Waals surface area contributed by atoms with E-state index >= 15 is 0 Å². The van der Waals surface area contributed by atoms with Crippen molar-refractivity contribution in [1.82, 2.24) is 14.8 Å². The zero-order chi connectivity index (χ0) is 17.7. The first-order chi connectivity index (χ1) is 11.4. The minimum absolute atomic E-state index is 0.140. The summed E-state index contributed by atoms with van der Waals surface area (Å²) < 4.78 is 7.80. The largest absolute Gasteiger partial charge is 0.483 e. The fourth-order valence-electron chi connectivity index (χ4n) is 2.09. The van der Waals surface area contributed by atoms with Crippen LogP contribution >= 0.6 is 23.4 Å². The van der Waals surface area contributed by atoms with Crippen molar-refractivity contribution in [3.8, 4) is 5.75 Å². The second-order valence-electron chi connectivity index (χ2n) is 5.17. The summed E-state index contributed by atoms with van der Waals surface area (Å²) in [5.41, 5.74) is 6.12. The van der Waals surface area contributed by atoms with E-state index in [1.54, 1.807) is 12.1 Å². The number of primary amides is 1. The van der Waals surface area contributed by atoms with Gasteiger partial charge in [-0.05, 0) is 37.6 Å². The van der Waals surface area contributed by atoms with Crippen molar-refractivity contribution < 1.29 is 9.53 Å².